The molecule has 7 heteroatoms. The van der Waals surface area contributed by atoms with Gasteiger partial charge in [-0.2, -0.15) is 0 Å². The highest BCUT2D eigenvalue weighted by Crippen LogP contribution is 2.31. The van der Waals surface area contributed by atoms with Crippen molar-refractivity contribution < 1.29 is 14.3 Å². The molecule has 0 bridgehead atoms. The molecule has 1 unspecified atom stereocenters. The third-order valence-electron chi connectivity index (χ3n) is 6.08. The molecule has 2 aromatic heterocycles. The van der Waals surface area contributed by atoms with Crippen LogP contribution in [-0.4, -0.2) is 69.6 Å². The standard InChI is InChI=1S/C22H28N4O3/c1-17-13-19(15-23-14-17)21(28)26-11-12-29-22(16-26)5-9-25(10-6-22)20(27)18(2)24-7-3-4-8-24/h3-4,7-8,13-15,18H,5-6,9-12,16H2,1-2H3. The molecule has 4 heterocycles. The van der Waals surface area contributed by atoms with Crippen LogP contribution in [0.4, 0.5) is 0 Å². The van der Waals surface area contributed by atoms with Crippen molar-refractivity contribution in [2.75, 3.05) is 32.8 Å². The maximum atomic E-state index is 12.9. The van der Waals surface area contributed by atoms with Gasteiger partial charge in [0.25, 0.3) is 5.91 Å². The van der Waals surface area contributed by atoms with Crippen LogP contribution < -0.4 is 0 Å². The third-order valence-corrected chi connectivity index (χ3v) is 6.08. The van der Waals surface area contributed by atoms with Crippen molar-refractivity contribution in [3.8, 4) is 0 Å². The molecular formula is C22H28N4O3. The van der Waals surface area contributed by atoms with E-state index in [4.69, 9.17) is 4.74 Å². The van der Waals surface area contributed by atoms with Crippen molar-refractivity contribution in [1.29, 1.82) is 0 Å². The minimum atomic E-state index is -0.362. The van der Waals surface area contributed by atoms with Crippen molar-refractivity contribution in [1.82, 2.24) is 19.4 Å². The number of amides is 2. The number of aromatic nitrogens is 2. The van der Waals surface area contributed by atoms with Crippen molar-refractivity contribution in [2.45, 2.75) is 38.3 Å². The zero-order chi connectivity index (χ0) is 20.4. The van der Waals surface area contributed by atoms with Gasteiger partial charge in [0.1, 0.15) is 6.04 Å². The van der Waals surface area contributed by atoms with Crippen molar-refractivity contribution in [2.24, 2.45) is 0 Å². The number of likely N-dealkylation sites (tertiary alicyclic amines) is 1. The topological polar surface area (TPSA) is 67.7 Å². The lowest BCUT2D eigenvalue weighted by atomic mass is 9.88. The number of aryl methyl sites for hydroxylation is 1. The first-order chi connectivity index (χ1) is 14.0. The summed E-state index contributed by atoms with van der Waals surface area (Å²) in [6, 6.07) is 5.53. The third kappa shape index (κ3) is 4.05. The molecule has 29 heavy (non-hydrogen) atoms. The number of rotatable bonds is 3. The first kappa shape index (κ1) is 19.6. The molecule has 2 aliphatic heterocycles. The summed E-state index contributed by atoms with van der Waals surface area (Å²) in [5.41, 5.74) is 1.23. The quantitative estimate of drug-likeness (QED) is 0.798. The number of nitrogens with zero attached hydrogens (tertiary/aromatic N) is 4. The maximum absolute atomic E-state index is 12.9. The van der Waals surface area contributed by atoms with Crippen LogP contribution in [0.1, 0.15) is 41.7 Å². The number of ether oxygens (including phenoxy) is 1. The lowest BCUT2D eigenvalue weighted by Crippen LogP contribution is -2.59. The summed E-state index contributed by atoms with van der Waals surface area (Å²) in [7, 11) is 0. The van der Waals surface area contributed by atoms with E-state index in [1.54, 1.807) is 12.4 Å². The second-order valence-corrected chi connectivity index (χ2v) is 8.14. The summed E-state index contributed by atoms with van der Waals surface area (Å²) in [4.78, 5) is 33.7. The van der Waals surface area contributed by atoms with Gasteiger partial charge in [0.05, 0.1) is 24.3 Å². The average molecular weight is 396 g/mol. The highest BCUT2D eigenvalue weighted by molar-refractivity contribution is 5.94. The Bertz CT molecular complexity index is 872. The molecular weight excluding hydrogens is 368 g/mol. The van der Waals surface area contributed by atoms with Crippen LogP contribution in [0.25, 0.3) is 0 Å². The summed E-state index contributed by atoms with van der Waals surface area (Å²) in [5, 5.41) is 0. The fraction of sp³-hybridized carbons (Fsp3) is 0.500. The van der Waals surface area contributed by atoms with E-state index >= 15 is 0 Å². The Morgan fingerprint density at radius 3 is 2.52 bits per heavy atom. The summed E-state index contributed by atoms with van der Waals surface area (Å²) in [5.74, 6) is 0.134. The molecule has 0 saturated carbocycles. The Morgan fingerprint density at radius 1 is 1.10 bits per heavy atom. The van der Waals surface area contributed by atoms with E-state index < -0.39 is 0 Å². The van der Waals surface area contributed by atoms with Crippen molar-refractivity contribution >= 4 is 11.8 Å². The highest BCUT2D eigenvalue weighted by atomic mass is 16.5. The fourth-order valence-electron chi connectivity index (χ4n) is 4.31. The zero-order valence-electron chi connectivity index (χ0n) is 17.1. The molecule has 0 aliphatic carbocycles. The second kappa shape index (κ2) is 7.99. The molecule has 1 atom stereocenters. The van der Waals surface area contributed by atoms with Crippen LogP contribution >= 0.6 is 0 Å². The van der Waals surface area contributed by atoms with Crippen molar-refractivity contribution in [3.63, 3.8) is 0 Å². The van der Waals surface area contributed by atoms with Gasteiger partial charge in [-0.15, -0.1) is 0 Å². The van der Waals surface area contributed by atoms with Crippen LogP contribution in [0.2, 0.25) is 0 Å². The van der Waals surface area contributed by atoms with E-state index in [2.05, 4.69) is 4.98 Å². The summed E-state index contributed by atoms with van der Waals surface area (Å²) < 4.78 is 8.09. The number of pyridine rings is 1. The number of morpholine rings is 1. The van der Waals surface area contributed by atoms with Gasteiger partial charge in [-0.25, -0.2) is 0 Å². The first-order valence-electron chi connectivity index (χ1n) is 10.2. The molecule has 0 radical (unpaired) electrons. The average Bonchev–Trinajstić information content (AvgIpc) is 3.28. The fourth-order valence-corrected chi connectivity index (χ4v) is 4.31. The van der Waals surface area contributed by atoms with E-state index in [0.717, 1.165) is 18.4 Å². The number of carbonyl (C=O) groups is 2. The maximum Gasteiger partial charge on any atom is 0.255 e. The van der Waals surface area contributed by atoms with Crippen LogP contribution in [-0.2, 0) is 9.53 Å². The summed E-state index contributed by atoms with van der Waals surface area (Å²) in [6.45, 7) is 6.85. The van der Waals surface area contributed by atoms with E-state index in [-0.39, 0.29) is 23.5 Å². The Labute approximate surface area is 171 Å². The van der Waals surface area contributed by atoms with Gasteiger partial charge in [-0.3, -0.25) is 14.6 Å². The molecule has 1 spiro atoms. The van der Waals surface area contributed by atoms with E-state index in [1.165, 1.54) is 0 Å². The predicted molar refractivity (Wildman–Crippen MR) is 109 cm³/mol. The van der Waals surface area contributed by atoms with E-state index in [9.17, 15) is 9.59 Å². The predicted octanol–water partition coefficient (Wildman–Crippen LogP) is 2.29. The number of hydrogen-bond donors (Lipinski definition) is 0. The van der Waals surface area contributed by atoms with Crippen LogP contribution in [0.15, 0.2) is 43.0 Å². The molecule has 0 aromatic carbocycles. The molecule has 154 valence electrons. The first-order valence-corrected chi connectivity index (χ1v) is 10.2. The lowest BCUT2D eigenvalue weighted by Gasteiger charge is -2.47. The molecule has 2 aromatic rings. The normalized spacial score (nSPS) is 19.9. The number of hydrogen-bond acceptors (Lipinski definition) is 4. The summed E-state index contributed by atoms with van der Waals surface area (Å²) in [6.07, 6.45) is 8.70. The molecule has 0 N–H and O–H groups in total. The lowest BCUT2D eigenvalue weighted by molar-refractivity contribution is -0.149. The van der Waals surface area contributed by atoms with Gasteiger partial charge in [-0.1, -0.05) is 0 Å². The van der Waals surface area contributed by atoms with Crippen LogP contribution in [0.3, 0.4) is 0 Å². The summed E-state index contributed by atoms with van der Waals surface area (Å²) >= 11 is 0. The molecule has 2 aliphatic rings. The van der Waals surface area contributed by atoms with Gasteiger partial charge in [-0.05, 0) is 50.5 Å². The van der Waals surface area contributed by atoms with Crippen molar-refractivity contribution in [3.05, 3.63) is 54.1 Å². The van der Waals surface area contributed by atoms with Gasteiger partial charge in [0.2, 0.25) is 5.91 Å². The van der Waals surface area contributed by atoms with E-state index in [1.807, 2.05) is 58.8 Å². The number of piperidine rings is 1. The highest BCUT2D eigenvalue weighted by Gasteiger charge is 2.42. The molecule has 2 fully saturated rings. The number of carbonyl (C=O) groups excluding carboxylic acids is 2. The van der Waals surface area contributed by atoms with E-state index in [0.29, 0.717) is 38.3 Å². The Morgan fingerprint density at radius 2 is 1.83 bits per heavy atom. The zero-order valence-corrected chi connectivity index (χ0v) is 17.1. The Kier molecular flexibility index (Phi) is 5.41. The van der Waals surface area contributed by atoms with Gasteiger partial charge >= 0.3 is 0 Å². The molecule has 4 rings (SSSR count). The molecule has 2 saturated heterocycles. The minimum Gasteiger partial charge on any atom is -0.371 e. The molecule has 2 amide bonds. The van der Waals surface area contributed by atoms with Gasteiger partial charge in [0, 0.05) is 44.4 Å². The smallest absolute Gasteiger partial charge is 0.255 e. The Balaban J connectivity index is 1.39. The monoisotopic (exact) mass is 396 g/mol. The van der Waals surface area contributed by atoms with Crippen LogP contribution in [0, 0.1) is 6.92 Å². The second-order valence-electron chi connectivity index (χ2n) is 8.14. The van der Waals surface area contributed by atoms with Crippen LogP contribution in [0.5, 0.6) is 0 Å². The SMILES string of the molecule is Cc1cncc(C(=O)N2CCOC3(CCN(C(=O)C(C)n4cccc4)CC3)C2)c1. The Hall–Kier alpha value is -2.67. The molecule has 7 nitrogen and oxygen atoms in total. The van der Waals surface area contributed by atoms with Gasteiger partial charge in [0.15, 0.2) is 0 Å². The van der Waals surface area contributed by atoms with Gasteiger partial charge < -0.3 is 19.1 Å². The largest absolute Gasteiger partial charge is 0.371 e. The minimum absolute atomic E-state index is 0.00334.